The van der Waals surface area contributed by atoms with Crippen molar-refractivity contribution in [1.29, 1.82) is 0 Å². The Kier molecular flexibility index (Phi) is 4.88. The zero-order valence-electron chi connectivity index (χ0n) is 13.0. The van der Waals surface area contributed by atoms with E-state index in [2.05, 4.69) is 42.9 Å². The zero-order valence-corrected chi connectivity index (χ0v) is 13.0. The van der Waals surface area contributed by atoms with Gasteiger partial charge in [0.1, 0.15) is 0 Å². The predicted molar refractivity (Wildman–Crippen MR) is 79.4 cm³/mol. The quantitative estimate of drug-likeness (QED) is 0.752. The van der Waals surface area contributed by atoms with Crippen molar-refractivity contribution in [2.75, 3.05) is 33.3 Å². The molecular formula is C15H31N3O. The Morgan fingerprint density at radius 2 is 2.05 bits per heavy atom. The Hall–Kier alpha value is -0.160. The van der Waals surface area contributed by atoms with Crippen molar-refractivity contribution in [2.24, 2.45) is 0 Å². The highest BCUT2D eigenvalue weighted by molar-refractivity contribution is 4.95. The molecule has 0 aromatic carbocycles. The van der Waals surface area contributed by atoms with Crippen LogP contribution in [0.1, 0.15) is 40.0 Å². The van der Waals surface area contributed by atoms with Gasteiger partial charge in [-0.25, -0.2) is 0 Å². The largest absolute Gasteiger partial charge is 0.394 e. The van der Waals surface area contributed by atoms with E-state index in [4.69, 9.17) is 0 Å². The van der Waals surface area contributed by atoms with Gasteiger partial charge in [-0.1, -0.05) is 0 Å². The fraction of sp³-hybridized carbons (Fsp3) is 1.00. The Morgan fingerprint density at radius 3 is 2.58 bits per heavy atom. The van der Waals surface area contributed by atoms with Crippen LogP contribution in [-0.4, -0.2) is 71.9 Å². The molecule has 4 heteroatoms. The van der Waals surface area contributed by atoms with Gasteiger partial charge in [-0.2, -0.15) is 0 Å². The fourth-order valence-corrected chi connectivity index (χ4v) is 3.15. The minimum absolute atomic E-state index is 0.118. The summed E-state index contributed by atoms with van der Waals surface area (Å²) in [5, 5.41) is 13.3. The van der Waals surface area contributed by atoms with E-state index in [-0.39, 0.29) is 12.1 Å². The van der Waals surface area contributed by atoms with Crippen LogP contribution >= 0.6 is 0 Å². The van der Waals surface area contributed by atoms with Gasteiger partial charge in [0.25, 0.3) is 0 Å². The summed E-state index contributed by atoms with van der Waals surface area (Å²) in [5.74, 6) is 0. The third-order valence-corrected chi connectivity index (χ3v) is 4.84. The van der Waals surface area contributed by atoms with E-state index in [1.165, 1.54) is 12.8 Å². The Labute approximate surface area is 118 Å². The van der Waals surface area contributed by atoms with E-state index in [9.17, 15) is 5.11 Å². The van der Waals surface area contributed by atoms with Gasteiger partial charge >= 0.3 is 0 Å². The minimum Gasteiger partial charge on any atom is -0.394 e. The maximum atomic E-state index is 9.71. The van der Waals surface area contributed by atoms with Crippen LogP contribution < -0.4 is 5.32 Å². The Balaban J connectivity index is 1.86. The number of aliphatic hydroxyl groups excluding tert-OH is 1. The van der Waals surface area contributed by atoms with Crippen molar-refractivity contribution in [3.05, 3.63) is 0 Å². The lowest BCUT2D eigenvalue weighted by atomic mass is 9.93. The number of nitrogens with zero attached hydrogens (tertiary/aromatic N) is 2. The monoisotopic (exact) mass is 269 g/mol. The third kappa shape index (κ3) is 4.15. The van der Waals surface area contributed by atoms with Crippen LogP contribution in [0.25, 0.3) is 0 Å². The van der Waals surface area contributed by atoms with Gasteiger partial charge in [0.15, 0.2) is 0 Å². The van der Waals surface area contributed by atoms with Crippen LogP contribution in [0.5, 0.6) is 0 Å². The summed E-state index contributed by atoms with van der Waals surface area (Å²) < 4.78 is 0. The molecule has 1 saturated carbocycles. The number of likely N-dealkylation sites (N-methyl/N-ethyl adjacent to an activating group) is 1. The first-order valence-corrected chi connectivity index (χ1v) is 7.76. The smallest absolute Gasteiger partial charge is 0.0611 e. The summed E-state index contributed by atoms with van der Waals surface area (Å²) in [4.78, 5) is 5.00. The maximum absolute atomic E-state index is 9.71. The summed E-state index contributed by atoms with van der Waals surface area (Å²) in [6, 6.07) is 1.81. The first-order valence-electron chi connectivity index (χ1n) is 7.76. The highest BCUT2D eigenvalue weighted by Gasteiger charge is 2.35. The SMILES string of the molecule is CC1CN(C(C)CC(C)(CO)NC2CC2)CCN1C. The molecule has 19 heavy (non-hydrogen) atoms. The molecule has 112 valence electrons. The number of piperazine rings is 1. The molecule has 2 rings (SSSR count). The molecule has 1 heterocycles. The lowest BCUT2D eigenvalue weighted by molar-refractivity contribution is 0.0538. The molecule has 0 bridgehead atoms. The van der Waals surface area contributed by atoms with Gasteiger partial charge in [0.05, 0.1) is 6.61 Å². The summed E-state index contributed by atoms with van der Waals surface area (Å²) in [6.07, 6.45) is 3.57. The van der Waals surface area contributed by atoms with Crippen LogP contribution in [0.3, 0.4) is 0 Å². The van der Waals surface area contributed by atoms with Crippen LogP contribution in [0, 0.1) is 0 Å². The molecule has 0 aromatic heterocycles. The van der Waals surface area contributed by atoms with Crippen molar-refractivity contribution in [1.82, 2.24) is 15.1 Å². The predicted octanol–water partition coefficient (Wildman–Crippen LogP) is 0.904. The number of nitrogens with one attached hydrogen (secondary N) is 1. The number of hydrogen-bond donors (Lipinski definition) is 2. The molecule has 4 nitrogen and oxygen atoms in total. The van der Waals surface area contributed by atoms with Gasteiger partial charge in [-0.05, 0) is 47.1 Å². The summed E-state index contributed by atoms with van der Waals surface area (Å²) in [6.45, 7) is 10.4. The minimum atomic E-state index is -0.118. The van der Waals surface area contributed by atoms with Gasteiger partial charge in [-0.3, -0.25) is 4.90 Å². The second-order valence-electron chi connectivity index (χ2n) is 7.02. The molecule has 3 unspecified atom stereocenters. The van der Waals surface area contributed by atoms with E-state index in [1.807, 2.05) is 0 Å². The Morgan fingerprint density at radius 1 is 1.37 bits per heavy atom. The molecule has 2 fully saturated rings. The van der Waals surface area contributed by atoms with Gasteiger partial charge < -0.3 is 15.3 Å². The third-order valence-electron chi connectivity index (χ3n) is 4.84. The molecule has 2 N–H and O–H groups in total. The summed E-state index contributed by atoms with van der Waals surface area (Å²) in [5.41, 5.74) is -0.118. The Bertz CT molecular complexity index is 295. The lowest BCUT2D eigenvalue weighted by Crippen LogP contribution is -2.56. The molecule has 0 radical (unpaired) electrons. The number of rotatable bonds is 6. The van der Waals surface area contributed by atoms with Gasteiger partial charge in [-0.15, -0.1) is 0 Å². The second kappa shape index (κ2) is 6.08. The van der Waals surface area contributed by atoms with Crippen molar-refractivity contribution in [2.45, 2.75) is 63.7 Å². The standard InChI is InChI=1S/C15H31N3O/c1-12(18-8-7-17(4)13(2)10-18)9-15(3,11-19)16-14-5-6-14/h12-14,16,19H,5-11H2,1-4H3. The number of hydrogen-bond acceptors (Lipinski definition) is 4. The highest BCUT2D eigenvalue weighted by Crippen LogP contribution is 2.26. The van der Waals surface area contributed by atoms with E-state index >= 15 is 0 Å². The highest BCUT2D eigenvalue weighted by atomic mass is 16.3. The van der Waals surface area contributed by atoms with Crippen molar-refractivity contribution in [3.8, 4) is 0 Å². The average Bonchev–Trinajstić information content (AvgIpc) is 3.16. The van der Waals surface area contributed by atoms with E-state index < -0.39 is 0 Å². The van der Waals surface area contributed by atoms with Crippen molar-refractivity contribution >= 4 is 0 Å². The second-order valence-corrected chi connectivity index (χ2v) is 7.02. The zero-order chi connectivity index (χ0) is 14.0. The topological polar surface area (TPSA) is 38.7 Å². The van der Waals surface area contributed by atoms with E-state index in [1.54, 1.807) is 0 Å². The first-order chi connectivity index (χ1) is 8.93. The maximum Gasteiger partial charge on any atom is 0.0611 e. The molecule has 1 aliphatic heterocycles. The summed E-state index contributed by atoms with van der Waals surface area (Å²) in [7, 11) is 2.21. The molecule has 1 saturated heterocycles. The average molecular weight is 269 g/mol. The van der Waals surface area contributed by atoms with Crippen LogP contribution in [0.15, 0.2) is 0 Å². The van der Waals surface area contributed by atoms with Crippen LogP contribution in [0.2, 0.25) is 0 Å². The summed E-state index contributed by atoms with van der Waals surface area (Å²) >= 11 is 0. The lowest BCUT2D eigenvalue weighted by Gasteiger charge is -2.43. The molecular weight excluding hydrogens is 238 g/mol. The van der Waals surface area contributed by atoms with Crippen molar-refractivity contribution in [3.63, 3.8) is 0 Å². The number of aliphatic hydroxyl groups is 1. The molecule has 2 aliphatic rings. The van der Waals surface area contributed by atoms with Gasteiger partial charge in [0.2, 0.25) is 0 Å². The fourth-order valence-electron chi connectivity index (χ4n) is 3.15. The molecule has 1 aliphatic carbocycles. The first kappa shape index (κ1) is 15.2. The van der Waals surface area contributed by atoms with Crippen LogP contribution in [-0.2, 0) is 0 Å². The van der Waals surface area contributed by atoms with Gasteiger partial charge in [0, 0.05) is 43.3 Å². The van der Waals surface area contributed by atoms with Crippen molar-refractivity contribution < 1.29 is 5.11 Å². The van der Waals surface area contributed by atoms with E-state index in [0.717, 1.165) is 26.1 Å². The van der Waals surface area contributed by atoms with Crippen LogP contribution in [0.4, 0.5) is 0 Å². The molecule has 3 atom stereocenters. The molecule has 0 aromatic rings. The molecule has 0 spiro atoms. The van der Waals surface area contributed by atoms with E-state index in [0.29, 0.717) is 18.1 Å². The normalized spacial score (nSPS) is 31.1. The molecule has 0 amide bonds.